The molecule has 0 spiro atoms. The lowest BCUT2D eigenvalue weighted by atomic mass is 10.2. The van der Waals surface area contributed by atoms with Gasteiger partial charge in [0.25, 0.3) is 0 Å². The molecule has 1 aromatic carbocycles. The van der Waals surface area contributed by atoms with Crippen molar-refractivity contribution in [3.05, 3.63) is 18.2 Å². The Bertz CT molecular complexity index is 465. The predicted molar refractivity (Wildman–Crippen MR) is 71.4 cm³/mol. The molecule has 2 N–H and O–H groups in total. The van der Waals surface area contributed by atoms with E-state index in [4.69, 9.17) is 15.2 Å². The lowest BCUT2D eigenvalue weighted by Crippen LogP contribution is -2.40. The fourth-order valence-corrected chi connectivity index (χ4v) is 2.80. The lowest BCUT2D eigenvalue weighted by Gasteiger charge is -2.23. The van der Waals surface area contributed by atoms with E-state index >= 15 is 0 Å². The molecule has 0 saturated carbocycles. The first-order chi connectivity index (χ1) is 9.38. The van der Waals surface area contributed by atoms with E-state index in [0.717, 1.165) is 6.42 Å². The molecule has 1 aromatic rings. The minimum absolute atomic E-state index is 0.467. The van der Waals surface area contributed by atoms with Gasteiger partial charge in [-0.25, -0.2) is 0 Å². The van der Waals surface area contributed by atoms with Crippen molar-refractivity contribution in [3.8, 4) is 11.5 Å². The highest BCUT2D eigenvalue weighted by Gasteiger charge is 2.42. The van der Waals surface area contributed by atoms with Gasteiger partial charge in [0.2, 0.25) is 0 Å². The Morgan fingerprint density at radius 2 is 1.85 bits per heavy atom. The van der Waals surface area contributed by atoms with E-state index in [-0.39, 0.29) is 0 Å². The monoisotopic (exact) mass is 307 g/mol. The Balaban J connectivity index is 2.19. The van der Waals surface area contributed by atoms with E-state index < -0.39 is 17.5 Å². The molecular weight excluding hydrogens is 291 g/mol. The van der Waals surface area contributed by atoms with Crippen molar-refractivity contribution in [2.24, 2.45) is 5.73 Å². The summed E-state index contributed by atoms with van der Waals surface area (Å²) in [4.78, 5) is 0.467. The number of fused-ring (bicyclic) bond motifs is 1. The van der Waals surface area contributed by atoms with Crippen molar-refractivity contribution in [3.63, 3.8) is 0 Å². The molecule has 0 aliphatic carbocycles. The van der Waals surface area contributed by atoms with E-state index in [2.05, 4.69) is 0 Å². The van der Waals surface area contributed by atoms with Crippen LogP contribution in [0, 0.1) is 0 Å². The van der Waals surface area contributed by atoms with E-state index in [1.54, 1.807) is 18.2 Å². The van der Waals surface area contributed by atoms with Crippen LogP contribution in [0.4, 0.5) is 13.2 Å². The van der Waals surface area contributed by atoms with Gasteiger partial charge < -0.3 is 15.2 Å². The number of hydrogen-bond acceptors (Lipinski definition) is 4. The average Bonchev–Trinajstić information content (AvgIpc) is 2.58. The van der Waals surface area contributed by atoms with Crippen LogP contribution in [-0.2, 0) is 0 Å². The Morgan fingerprint density at radius 3 is 2.45 bits per heavy atom. The van der Waals surface area contributed by atoms with Crippen molar-refractivity contribution in [2.75, 3.05) is 13.2 Å². The zero-order valence-corrected chi connectivity index (χ0v) is 11.8. The number of alkyl halides is 3. The minimum atomic E-state index is -4.34. The van der Waals surface area contributed by atoms with Crippen molar-refractivity contribution >= 4 is 11.8 Å². The first-order valence-corrected chi connectivity index (χ1v) is 7.14. The average molecular weight is 307 g/mol. The van der Waals surface area contributed by atoms with Gasteiger partial charge in [0.05, 0.1) is 13.2 Å². The molecular formula is C13H16F3NO2S. The summed E-state index contributed by atoms with van der Waals surface area (Å²) >= 11 is 0.698. The van der Waals surface area contributed by atoms with E-state index in [1.807, 2.05) is 0 Å². The molecule has 0 saturated heterocycles. The molecule has 0 fully saturated rings. The molecule has 20 heavy (non-hydrogen) atoms. The fraction of sp³-hybridized carbons (Fsp3) is 0.538. The topological polar surface area (TPSA) is 44.5 Å². The molecule has 1 heterocycles. The molecule has 7 heteroatoms. The molecule has 112 valence electrons. The third-order valence-electron chi connectivity index (χ3n) is 2.78. The van der Waals surface area contributed by atoms with Gasteiger partial charge in [0.15, 0.2) is 11.5 Å². The molecule has 3 nitrogen and oxygen atoms in total. The first kappa shape index (κ1) is 15.3. The number of ether oxygens (including phenoxy) is 2. The SMILES string of the molecule is CC(N)C(Sc1ccc2c(c1)OCCCO2)C(F)(F)F. The molecule has 0 radical (unpaired) electrons. The largest absolute Gasteiger partial charge is 0.490 e. The summed E-state index contributed by atoms with van der Waals surface area (Å²) in [5.74, 6) is 1.05. The Labute approximate surface area is 119 Å². The standard InChI is InChI=1S/C13H16F3NO2S/c1-8(17)12(13(14,15)16)20-9-3-4-10-11(7-9)19-6-2-5-18-10/h3-4,7-8,12H,2,5-6,17H2,1H3. The summed E-state index contributed by atoms with van der Waals surface area (Å²) in [6.07, 6.45) is -3.59. The maximum atomic E-state index is 12.9. The third kappa shape index (κ3) is 3.73. The maximum absolute atomic E-state index is 12.9. The number of hydrogen-bond donors (Lipinski definition) is 1. The fourth-order valence-electron chi connectivity index (χ4n) is 1.84. The number of halogens is 3. The van der Waals surface area contributed by atoms with E-state index in [9.17, 15) is 13.2 Å². The van der Waals surface area contributed by atoms with Crippen LogP contribution in [0.2, 0.25) is 0 Å². The van der Waals surface area contributed by atoms with Crippen LogP contribution in [0.5, 0.6) is 11.5 Å². The zero-order chi connectivity index (χ0) is 14.8. The second kappa shape index (κ2) is 6.13. The number of thioether (sulfide) groups is 1. The minimum Gasteiger partial charge on any atom is -0.490 e. The maximum Gasteiger partial charge on any atom is 0.402 e. The van der Waals surface area contributed by atoms with Gasteiger partial charge in [-0.15, -0.1) is 11.8 Å². The van der Waals surface area contributed by atoms with Crippen LogP contribution >= 0.6 is 11.8 Å². The van der Waals surface area contributed by atoms with Crippen molar-refractivity contribution in [1.29, 1.82) is 0 Å². The second-order valence-corrected chi connectivity index (χ2v) is 5.81. The van der Waals surface area contributed by atoms with Crippen LogP contribution in [0.1, 0.15) is 13.3 Å². The van der Waals surface area contributed by atoms with Crippen molar-refractivity contribution in [1.82, 2.24) is 0 Å². The van der Waals surface area contributed by atoms with Gasteiger partial charge in [-0.2, -0.15) is 13.2 Å². The van der Waals surface area contributed by atoms with Crippen LogP contribution in [0.15, 0.2) is 23.1 Å². The van der Waals surface area contributed by atoms with Crippen molar-refractivity contribution in [2.45, 2.75) is 35.7 Å². The van der Waals surface area contributed by atoms with Crippen molar-refractivity contribution < 1.29 is 22.6 Å². The number of benzene rings is 1. The van der Waals surface area contributed by atoms with Gasteiger partial charge in [-0.3, -0.25) is 0 Å². The Kier molecular flexibility index (Phi) is 4.70. The van der Waals surface area contributed by atoms with Crippen LogP contribution in [0.25, 0.3) is 0 Å². The molecule has 0 aromatic heterocycles. The lowest BCUT2D eigenvalue weighted by molar-refractivity contribution is -0.131. The second-order valence-electron chi connectivity index (χ2n) is 4.60. The Morgan fingerprint density at radius 1 is 1.20 bits per heavy atom. The summed E-state index contributed by atoms with van der Waals surface area (Å²) in [6, 6.07) is 3.82. The molecule has 0 bridgehead atoms. The highest BCUT2D eigenvalue weighted by Crippen LogP contribution is 2.40. The normalized spacial score (nSPS) is 18.2. The summed E-state index contributed by atoms with van der Waals surface area (Å²) in [6.45, 7) is 2.40. The summed E-state index contributed by atoms with van der Waals surface area (Å²) in [7, 11) is 0. The summed E-state index contributed by atoms with van der Waals surface area (Å²) < 4.78 is 49.6. The Hall–Kier alpha value is -1.08. The number of nitrogens with two attached hydrogens (primary N) is 1. The smallest absolute Gasteiger partial charge is 0.402 e. The molecule has 1 aliphatic rings. The predicted octanol–water partition coefficient (Wildman–Crippen LogP) is 3.22. The molecule has 2 atom stereocenters. The van der Waals surface area contributed by atoms with Crippen LogP contribution in [0.3, 0.4) is 0 Å². The summed E-state index contributed by atoms with van der Waals surface area (Å²) in [5, 5.41) is -1.65. The zero-order valence-electron chi connectivity index (χ0n) is 10.9. The molecule has 1 aliphatic heterocycles. The molecule has 0 amide bonds. The van der Waals surface area contributed by atoms with Gasteiger partial charge in [0, 0.05) is 17.4 Å². The number of rotatable bonds is 3. The molecule has 2 unspecified atom stereocenters. The molecule has 2 rings (SSSR count). The first-order valence-electron chi connectivity index (χ1n) is 6.26. The quantitative estimate of drug-likeness (QED) is 0.871. The van der Waals surface area contributed by atoms with Gasteiger partial charge >= 0.3 is 6.18 Å². The van der Waals surface area contributed by atoms with E-state index in [0.29, 0.717) is 41.4 Å². The highest BCUT2D eigenvalue weighted by molar-refractivity contribution is 8.00. The van der Waals surface area contributed by atoms with E-state index in [1.165, 1.54) is 6.92 Å². The third-order valence-corrected chi connectivity index (χ3v) is 4.26. The van der Waals surface area contributed by atoms with Crippen LogP contribution in [-0.4, -0.2) is 30.7 Å². The highest BCUT2D eigenvalue weighted by atomic mass is 32.2. The van der Waals surface area contributed by atoms with Gasteiger partial charge in [-0.05, 0) is 25.1 Å². The van der Waals surface area contributed by atoms with Gasteiger partial charge in [0.1, 0.15) is 5.25 Å². The van der Waals surface area contributed by atoms with Gasteiger partial charge in [-0.1, -0.05) is 0 Å². The summed E-state index contributed by atoms with van der Waals surface area (Å²) in [5.41, 5.74) is 5.44. The van der Waals surface area contributed by atoms with Crippen LogP contribution < -0.4 is 15.2 Å².